The van der Waals surface area contributed by atoms with Gasteiger partial charge < -0.3 is 5.32 Å². The Morgan fingerprint density at radius 1 is 1.35 bits per heavy atom. The number of benzene rings is 2. The van der Waals surface area contributed by atoms with Gasteiger partial charge in [0.25, 0.3) is 0 Å². The van der Waals surface area contributed by atoms with Gasteiger partial charge in [-0.3, -0.25) is 0 Å². The molecule has 0 fully saturated rings. The first-order chi connectivity index (χ1) is 8.35. The van der Waals surface area contributed by atoms with Crippen molar-refractivity contribution in [2.45, 2.75) is 5.92 Å². The summed E-state index contributed by atoms with van der Waals surface area (Å²) in [5.41, 5.74) is 2.69. The van der Waals surface area contributed by atoms with Crippen LogP contribution in [0.3, 0.4) is 0 Å². The number of nitrogens with one attached hydrogen (secondary N) is 1. The van der Waals surface area contributed by atoms with Crippen LogP contribution in [0.2, 0.25) is 0 Å². The third-order valence-corrected chi connectivity index (χ3v) is 3.67. The summed E-state index contributed by atoms with van der Waals surface area (Å²) < 4.78 is 0. The Labute approximate surface area is 104 Å². The summed E-state index contributed by atoms with van der Waals surface area (Å²) in [5.74, 6) is 0.884. The molecule has 0 radical (unpaired) electrons. The Kier molecular flexibility index (Phi) is 2.48. The minimum absolute atomic E-state index is 0.303. The zero-order chi connectivity index (χ0) is 11.8. The van der Waals surface area contributed by atoms with E-state index in [-0.39, 0.29) is 0 Å². The van der Waals surface area contributed by atoms with E-state index in [1.807, 2.05) is 30.3 Å². The second kappa shape index (κ2) is 4.00. The summed E-state index contributed by atoms with van der Waals surface area (Å²) in [5, 5.41) is 8.37. The minimum Gasteiger partial charge on any atom is -0.384 e. The van der Waals surface area contributed by atoms with Crippen LogP contribution < -0.4 is 5.32 Å². The molecule has 2 aromatic carbocycles. The molecule has 17 heavy (non-hydrogen) atoms. The number of hydrogen-bond donors (Lipinski definition) is 1. The lowest BCUT2D eigenvalue weighted by Crippen LogP contribution is -2.02. The predicted octanol–water partition coefficient (Wildman–Crippen LogP) is 3.99. The maximum atomic E-state index is 10.9. The summed E-state index contributed by atoms with van der Waals surface area (Å²) in [4.78, 5) is 10.9. The number of rotatable bonds is 2. The smallest absolute Gasteiger partial charge is 0.117 e. The molecule has 0 saturated carbocycles. The van der Waals surface area contributed by atoms with Crippen LogP contribution in [-0.4, -0.2) is 12.4 Å². The molecule has 1 aliphatic heterocycles. The van der Waals surface area contributed by atoms with E-state index in [1.54, 1.807) is 0 Å². The fourth-order valence-corrected chi connectivity index (χ4v) is 2.77. The van der Waals surface area contributed by atoms with Gasteiger partial charge in [-0.05, 0) is 22.2 Å². The highest BCUT2D eigenvalue weighted by Crippen LogP contribution is 2.42. The SMILES string of the molecule is O=Nc1cc2c(c3ccccc13)C(CCl)CN2. The Bertz CT molecular complexity index is 597. The van der Waals surface area contributed by atoms with Crippen molar-refractivity contribution in [3.05, 3.63) is 40.8 Å². The van der Waals surface area contributed by atoms with Crippen molar-refractivity contribution in [1.29, 1.82) is 0 Å². The fraction of sp³-hybridized carbons (Fsp3) is 0.231. The highest BCUT2D eigenvalue weighted by molar-refractivity contribution is 6.18. The average Bonchev–Trinajstić information content (AvgIpc) is 2.80. The molecule has 4 heteroatoms. The van der Waals surface area contributed by atoms with Crippen LogP contribution in [0.5, 0.6) is 0 Å². The van der Waals surface area contributed by atoms with E-state index in [4.69, 9.17) is 11.6 Å². The van der Waals surface area contributed by atoms with Gasteiger partial charge in [0.15, 0.2) is 0 Å². The fourth-order valence-electron chi connectivity index (χ4n) is 2.51. The lowest BCUT2D eigenvalue weighted by atomic mass is 9.95. The van der Waals surface area contributed by atoms with Crippen LogP contribution in [0.4, 0.5) is 11.4 Å². The van der Waals surface area contributed by atoms with Crippen LogP contribution in [0.15, 0.2) is 35.5 Å². The Balaban J connectivity index is 2.38. The van der Waals surface area contributed by atoms with Gasteiger partial charge in [0, 0.05) is 29.4 Å². The molecule has 0 bridgehead atoms. The van der Waals surface area contributed by atoms with E-state index >= 15 is 0 Å². The molecular weight excluding hydrogens is 236 g/mol. The maximum absolute atomic E-state index is 10.9. The molecule has 1 atom stereocenters. The van der Waals surface area contributed by atoms with Crippen molar-refractivity contribution < 1.29 is 0 Å². The molecule has 0 amide bonds. The lowest BCUT2D eigenvalue weighted by Gasteiger charge is -2.10. The monoisotopic (exact) mass is 246 g/mol. The standard InChI is InChI=1S/C13H11ClN2O/c14-6-8-7-15-12-5-11(16-17)9-3-1-2-4-10(9)13(8)12/h1-5,8,15H,6-7H2. The zero-order valence-electron chi connectivity index (χ0n) is 9.11. The van der Waals surface area contributed by atoms with Gasteiger partial charge in [0.2, 0.25) is 0 Å². The van der Waals surface area contributed by atoms with Crippen molar-refractivity contribution in [2.24, 2.45) is 5.18 Å². The largest absolute Gasteiger partial charge is 0.384 e. The Morgan fingerprint density at radius 3 is 2.82 bits per heavy atom. The molecule has 0 aromatic heterocycles. The summed E-state index contributed by atoms with van der Waals surface area (Å²) >= 11 is 5.98. The molecule has 1 N–H and O–H groups in total. The second-order valence-electron chi connectivity index (χ2n) is 4.23. The molecule has 0 spiro atoms. The topological polar surface area (TPSA) is 41.5 Å². The maximum Gasteiger partial charge on any atom is 0.117 e. The van der Waals surface area contributed by atoms with Crippen molar-refractivity contribution in [3.63, 3.8) is 0 Å². The highest BCUT2D eigenvalue weighted by atomic mass is 35.5. The third kappa shape index (κ3) is 1.50. The van der Waals surface area contributed by atoms with Crippen LogP contribution in [-0.2, 0) is 0 Å². The average molecular weight is 247 g/mol. The van der Waals surface area contributed by atoms with E-state index in [1.165, 1.54) is 5.56 Å². The van der Waals surface area contributed by atoms with Crippen molar-refractivity contribution in [2.75, 3.05) is 17.7 Å². The quantitative estimate of drug-likeness (QED) is 0.643. The van der Waals surface area contributed by atoms with Gasteiger partial charge in [-0.25, -0.2) is 0 Å². The van der Waals surface area contributed by atoms with Gasteiger partial charge >= 0.3 is 0 Å². The van der Waals surface area contributed by atoms with Crippen LogP contribution in [0.25, 0.3) is 10.8 Å². The molecule has 3 rings (SSSR count). The van der Waals surface area contributed by atoms with Gasteiger partial charge in [-0.1, -0.05) is 24.3 Å². The van der Waals surface area contributed by atoms with Crippen molar-refractivity contribution in [3.8, 4) is 0 Å². The molecule has 2 aromatic rings. The molecule has 0 aliphatic carbocycles. The second-order valence-corrected chi connectivity index (χ2v) is 4.53. The van der Waals surface area contributed by atoms with E-state index in [0.29, 0.717) is 17.5 Å². The van der Waals surface area contributed by atoms with Gasteiger partial charge in [0.05, 0.1) is 0 Å². The number of fused-ring (bicyclic) bond motifs is 3. The molecule has 3 nitrogen and oxygen atoms in total. The molecule has 1 aliphatic rings. The van der Waals surface area contributed by atoms with E-state index in [0.717, 1.165) is 23.0 Å². The van der Waals surface area contributed by atoms with E-state index in [2.05, 4.69) is 10.5 Å². The van der Waals surface area contributed by atoms with E-state index < -0.39 is 0 Å². The summed E-state index contributed by atoms with van der Waals surface area (Å²) in [7, 11) is 0. The number of nitrogens with zero attached hydrogens (tertiary/aromatic N) is 1. The minimum atomic E-state index is 0.303. The zero-order valence-corrected chi connectivity index (χ0v) is 9.87. The first kappa shape index (κ1) is 10.5. The van der Waals surface area contributed by atoms with E-state index in [9.17, 15) is 4.91 Å². The number of hydrogen-bond acceptors (Lipinski definition) is 3. The number of alkyl halides is 1. The summed E-state index contributed by atoms with van der Waals surface area (Å²) in [6, 6.07) is 9.66. The van der Waals surface area contributed by atoms with Crippen molar-refractivity contribution in [1.82, 2.24) is 0 Å². The lowest BCUT2D eigenvalue weighted by molar-refractivity contribution is 0.869. The first-order valence-electron chi connectivity index (χ1n) is 5.54. The number of halogens is 1. The van der Waals surface area contributed by atoms with Crippen molar-refractivity contribution >= 4 is 33.7 Å². The normalized spacial score (nSPS) is 17.8. The predicted molar refractivity (Wildman–Crippen MR) is 71.4 cm³/mol. The van der Waals surface area contributed by atoms with Gasteiger partial charge in [-0.15, -0.1) is 16.5 Å². The third-order valence-electron chi connectivity index (χ3n) is 3.30. The highest BCUT2D eigenvalue weighted by Gasteiger charge is 2.25. The summed E-state index contributed by atoms with van der Waals surface area (Å²) in [6.07, 6.45) is 0. The Hall–Kier alpha value is -1.61. The summed E-state index contributed by atoms with van der Waals surface area (Å²) in [6.45, 7) is 0.825. The number of anilines is 1. The molecular formula is C13H11ClN2O. The first-order valence-corrected chi connectivity index (χ1v) is 6.07. The Morgan fingerprint density at radius 2 is 2.12 bits per heavy atom. The van der Waals surface area contributed by atoms with Crippen LogP contribution in [0.1, 0.15) is 11.5 Å². The molecule has 1 heterocycles. The molecule has 0 saturated heterocycles. The molecule has 86 valence electrons. The number of nitroso groups, excluding NO2 is 1. The van der Waals surface area contributed by atoms with Crippen LogP contribution in [0, 0.1) is 4.91 Å². The van der Waals surface area contributed by atoms with Crippen LogP contribution >= 0.6 is 11.6 Å². The molecule has 1 unspecified atom stereocenters. The van der Waals surface area contributed by atoms with Gasteiger partial charge in [-0.2, -0.15) is 0 Å². The van der Waals surface area contributed by atoms with Gasteiger partial charge in [0.1, 0.15) is 5.69 Å².